The largest absolute Gasteiger partial charge is 0.392 e. The molecule has 1 N–H and O–H groups in total. The van der Waals surface area contributed by atoms with Gasteiger partial charge in [0, 0.05) is 0 Å². The van der Waals surface area contributed by atoms with Crippen LogP contribution >= 0.6 is 11.3 Å². The average Bonchev–Trinajstić information content (AvgIpc) is 2.37. The van der Waals surface area contributed by atoms with Crippen molar-refractivity contribution in [3.63, 3.8) is 0 Å². The molecule has 48 valence electrons. The molecule has 0 bridgehead atoms. The van der Waals surface area contributed by atoms with Gasteiger partial charge in [0.15, 0.2) is 0 Å². The highest BCUT2D eigenvalue weighted by molar-refractivity contribution is 7.08. The minimum absolute atomic E-state index is 0.0523. The van der Waals surface area contributed by atoms with Crippen LogP contribution in [0, 0.1) is 0 Å². The topological polar surface area (TPSA) is 20.2 Å². The number of rotatable bonds is 2. The SMILES string of the molecule is C=C(CO)c1ccsc1. The first kappa shape index (κ1) is 6.52. The molecule has 1 aromatic heterocycles. The first-order chi connectivity index (χ1) is 4.34. The molecule has 0 aromatic carbocycles. The molecule has 0 spiro atoms. The van der Waals surface area contributed by atoms with Crippen molar-refractivity contribution in [2.24, 2.45) is 0 Å². The van der Waals surface area contributed by atoms with Gasteiger partial charge < -0.3 is 5.11 Å². The maximum atomic E-state index is 8.61. The second-order valence-electron chi connectivity index (χ2n) is 1.77. The molecule has 0 aliphatic rings. The predicted octanol–water partition coefficient (Wildman–Crippen LogP) is 1.75. The van der Waals surface area contributed by atoms with E-state index in [2.05, 4.69) is 6.58 Å². The molecule has 2 heteroatoms. The smallest absolute Gasteiger partial charge is 0.0682 e. The fourth-order valence-electron chi connectivity index (χ4n) is 0.557. The fraction of sp³-hybridized carbons (Fsp3) is 0.143. The molecular weight excluding hydrogens is 132 g/mol. The summed E-state index contributed by atoms with van der Waals surface area (Å²) in [6, 6.07) is 1.95. The third-order valence-corrected chi connectivity index (χ3v) is 1.80. The van der Waals surface area contributed by atoms with Gasteiger partial charge in [-0.15, -0.1) is 0 Å². The van der Waals surface area contributed by atoms with E-state index in [1.165, 1.54) is 0 Å². The summed E-state index contributed by atoms with van der Waals surface area (Å²) in [6.07, 6.45) is 0. The Morgan fingerprint density at radius 2 is 2.56 bits per heavy atom. The summed E-state index contributed by atoms with van der Waals surface area (Å²) in [7, 11) is 0. The number of aliphatic hydroxyl groups is 1. The number of thiophene rings is 1. The zero-order valence-corrected chi connectivity index (χ0v) is 5.82. The molecule has 1 heterocycles. The van der Waals surface area contributed by atoms with E-state index >= 15 is 0 Å². The van der Waals surface area contributed by atoms with Gasteiger partial charge in [-0.3, -0.25) is 0 Å². The van der Waals surface area contributed by atoms with Gasteiger partial charge in [0.2, 0.25) is 0 Å². The number of aliphatic hydroxyl groups excluding tert-OH is 1. The molecule has 0 saturated heterocycles. The van der Waals surface area contributed by atoms with E-state index in [-0.39, 0.29) is 6.61 Å². The Balaban J connectivity index is 2.77. The van der Waals surface area contributed by atoms with Crippen LogP contribution in [0.2, 0.25) is 0 Å². The van der Waals surface area contributed by atoms with Crippen LogP contribution in [0.5, 0.6) is 0 Å². The molecule has 0 aliphatic carbocycles. The Morgan fingerprint density at radius 1 is 1.78 bits per heavy atom. The zero-order chi connectivity index (χ0) is 6.69. The van der Waals surface area contributed by atoms with Gasteiger partial charge in [-0.05, 0) is 28.0 Å². The number of hydrogen-bond acceptors (Lipinski definition) is 2. The Hall–Kier alpha value is -0.600. The normalized spacial score (nSPS) is 9.44. The lowest BCUT2D eigenvalue weighted by atomic mass is 10.2. The fourth-order valence-corrected chi connectivity index (χ4v) is 1.25. The van der Waals surface area contributed by atoms with Crippen molar-refractivity contribution in [3.8, 4) is 0 Å². The van der Waals surface area contributed by atoms with Crippen molar-refractivity contribution in [1.82, 2.24) is 0 Å². The lowest BCUT2D eigenvalue weighted by Crippen LogP contribution is -1.83. The van der Waals surface area contributed by atoms with Crippen LogP contribution in [-0.4, -0.2) is 11.7 Å². The van der Waals surface area contributed by atoms with Gasteiger partial charge in [0.05, 0.1) is 6.61 Å². The molecule has 0 unspecified atom stereocenters. The highest BCUT2D eigenvalue weighted by Gasteiger charge is 1.94. The van der Waals surface area contributed by atoms with Crippen molar-refractivity contribution in [1.29, 1.82) is 0 Å². The van der Waals surface area contributed by atoms with Gasteiger partial charge in [-0.2, -0.15) is 11.3 Å². The van der Waals surface area contributed by atoms with Crippen molar-refractivity contribution in [2.75, 3.05) is 6.61 Å². The minimum Gasteiger partial charge on any atom is -0.392 e. The van der Waals surface area contributed by atoms with E-state index in [1.54, 1.807) is 11.3 Å². The zero-order valence-electron chi connectivity index (χ0n) is 5.00. The molecule has 0 saturated carbocycles. The molecule has 1 aromatic rings. The standard InChI is InChI=1S/C7H8OS/c1-6(4-8)7-2-3-9-5-7/h2-3,5,8H,1,4H2. The second-order valence-corrected chi connectivity index (χ2v) is 2.55. The average molecular weight is 140 g/mol. The third kappa shape index (κ3) is 1.40. The van der Waals surface area contributed by atoms with Crippen LogP contribution in [-0.2, 0) is 0 Å². The lowest BCUT2D eigenvalue weighted by molar-refractivity contribution is 0.350. The Kier molecular flexibility index (Phi) is 2.03. The Labute approximate surface area is 58.3 Å². The van der Waals surface area contributed by atoms with Gasteiger partial charge in [-0.1, -0.05) is 6.58 Å². The molecule has 0 fully saturated rings. The van der Waals surface area contributed by atoms with Crippen molar-refractivity contribution >= 4 is 16.9 Å². The summed E-state index contributed by atoms with van der Waals surface area (Å²) >= 11 is 1.61. The van der Waals surface area contributed by atoms with Crippen molar-refractivity contribution < 1.29 is 5.11 Å². The van der Waals surface area contributed by atoms with E-state index in [9.17, 15) is 0 Å². The summed E-state index contributed by atoms with van der Waals surface area (Å²) in [5, 5.41) is 12.6. The summed E-state index contributed by atoms with van der Waals surface area (Å²) < 4.78 is 0. The van der Waals surface area contributed by atoms with E-state index in [0.29, 0.717) is 0 Å². The van der Waals surface area contributed by atoms with Gasteiger partial charge in [0.25, 0.3) is 0 Å². The van der Waals surface area contributed by atoms with E-state index in [1.807, 2.05) is 16.8 Å². The molecule has 0 atom stereocenters. The van der Waals surface area contributed by atoms with Crippen LogP contribution in [0.3, 0.4) is 0 Å². The predicted molar refractivity (Wildman–Crippen MR) is 40.4 cm³/mol. The first-order valence-electron chi connectivity index (χ1n) is 2.66. The van der Waals surface area contributed by atoms with Gasteiger partial charge in [-0.25, -0.2) is 0 Å². The highest BCUT2D eigenvalue weighted by atomic mass is 32.1. The van der Waals surface area contributed by atoms with Crippen LogP contribution in [0.15, 0.2) is 23.4 Å². The second kappa shape index (κ2) is 2.80. The maximum absolute atomic E-state index is 8.61. The summed E-state index contributed by atoms with van der Waals surface area (Å²) in [6.45, 7) is 3.72. The third-order valence-electron chi connectivity index (χ3n) is 1.12. The van der Waals surface area contributed by atoms with Crippen molar-refractivity contribution in [3.05, 3.63) is 29.0 Å². The Morgan fingerprint density at radius 3 is 3.00 bits per heavy atom. The minimum atomic E-state index is 0.0523. The van der Waals surface area contributed by atoms with Crippen LogP contribution in [0.25, 0.3) is 5.57 Å². The quantitative estimate of drug-likeness (QED) is 0.663. The Bertz CT molecular complexity index is 189. The van der Waals surface area contributed by atoms with Crippen LogP contribution in [0.4, 0.5) is 0 Å². The molecule has 9 heavy (non-hydrogen) atoms. The van der Waals surface area contributed by atoms with Gasteiger partial charge >= 0.3 is 0 Å². The van der Waals surface area contributed by atoms with E-state index in [4.69, 9.17) is 5.11 Å². The molecule has 0 radical (unpaired) electrons. The summed E-state index contributed by atoms with van der Waals surface area (Å²) in [4.78, 5) is 0. The molecule has 0 aliphatic heterocycles. The monoisotopic (exact) mass is 140 g/mol. The van der Waals surface area contributed by atoms with Gasteiger partial charge in [0.1, 0.15) is 0 Å². The van der Waals surface area contributed by atoms with Crippen LogP contribution in [0.1, 0.15) is 5.56 Å². The van der Waals surface area contributed by atoms with E-state index < -0.39 is 0 Å². The summed E-state index contributed by atoms with van der Waals surface area (Å²) in [5.74, 6) is 0. The molecular formula is C7H8OS. The number of hydrogen-bond donors (Lipinski definition) is 1. The summed E-state index contributed by atoms with van der Waals surface area (Å²) in [5.41, 5.74) is 1.83. The van der Waals surface area contributed by atoms with Crippen molar-refractivity contribution in [2.45, 2.75) is 0 Å². The maximum Gasteiger partial charge on any atom is 0.0682 e. The molecule has 1 nitrogen and oxygen atoms in total. The first-order valence-corrected chi connectivity index (χ1v) is 3.60. The highest BCUT2D eigenvalue weighted by Crippen LogP contribution is 2.14. The van der Waals surface area contributed by atoms with Crippen LogP contribution < -0.4 is 0 Å². The van der Waals surface area contributed by atoms with E-state index in [0.717, 1.165) is 11.1 Å². The molecule has 0 amide bonds. The molecule has 1 rings (SSSR count). The lowest BCUT2D eigenvalue weighted by Gasteiger charge is -1.93.